The number of carbonyl (C=O) groups excluding carboxylic acids is 1. The Labute approximate surface area is 94.7 Å². The minimum Gasteiger partial charge on any atom is -0.466 e. The molecule has 0 rings (SSSR count). The zero-order valence-corrected chi connectivity index (χ0v) is 11.7. The Bertz CT molecular complexity index is 216. The summed E-state index contributed by atoms with van der Waals surface area (Å²) in [5.41, 5.74) is 0. The summed E-state index contributed by atoms with van der Waals surface area (Å²) in [5, 5.41) is 0. The van der Waals surface area contributed by atoms with Crippen LogP contribution in [0.15, 0.2) is 12.2 Å². The number of ether oxygens (including phenoxy) is 1. The van der Waals surface area contributed by atoms with E-state index in [1.54, 1.807) is 0 Å². The average Bonchev–Trinajstić information content (AvgIpc) is 2.01. The van der Waals surface area contributed by atoms with Gasteiger partial charge in [-0.2, -0.15) is 0 Å². The molecule has 0 saturated heterocycles. The summed E-state index contributed by atoms with van der Waals surface area (Å²) in [6.45, 7) is 11.4. The summed E-state index contributed by atoms with van der Waals surface area (Å²) in [4.78, 5) is 11.2. The van der Waals surface area contributed by atoms with Crippen molar-refractivity contribution in [3.8, 4) is 0 Å². The second kappa shape index (κ2) is 6.83. The van der Waals surface area contributed by atoms with E-state index in [1.165, 1.54) is 6.04 Å². The molecule has 2 nitrogen and oxygen atoms in total. The van der Waals surface area contributed by atoms with Crippen LogP contribution in [0.4, 0.5) is 0 Å². The van der Waals surface area contributed by atoms with Gasteiger partial charge in [0.05, 0.1) is 13.0 Å². The van der Waals surface area contributed by atoms with E-state index in [0.29, 0.717) is 18.9 Å². The second-order valence-corrected chi connectivity index (χ2v) is 10.7. The molecular weight excluding hydrogens is 204 g/mol. The standard InChI is InChI=1S/C12H24O2Si/c1-6-14-12(13)10-11(2)8-7-9-15(3,4)5/h7-8,11H,6,9-10H2,1-5H3/b8-7+. The zero-order chi connectivity index (χ0) is 11.9. The Morgan fingerprint density at radius 1 is 1.40 bits per heavy atom. The van der Waals surface area contributed by atoms with Crippen LogP contribution in [0, 0.1) is 5.92 Å². The van der Waals surface area contributed by atoms with Crippen molar-refractivity contribution in [3.63, 3.8) is 0 Å². The Morgan fingerprint density at radius 2 is 2.00 bits per heavy atom. The maximum Gasteiger partial charge on any atom is 0.306 e. The lowest BCUT2D eigenvalue weighted by Crippen LogP contribution is -2.17. The Hall–Kier alpha value is -0.573. The van der Waals surface area contributed by atoms with Crippen LogP contribution in [0.1, 0.15) is 20.3 Å². The van der Waals surface area contributed by atoms with Crippen LogP contribution in [0.3, 0.4) is 0 Å². The van der Waals surface area contributed by atoms with Gasteiger partial charge in [-0.3, -0.25) is 4.79 Å². The third-order valence-electron chi connectivity index (χ3n) is 1.99. The Kier molecular flexibility index (Phi) is 6.57. The van der Waals surface area contributed by atoms with E-state index in [-0.39, 0.29) is 5.97 Å². The maximum absolute atomic E-state index is 11.2. The molecule has 0 aliphatic rings. The molecule has 88 valence electrons. The van der Waals surface area contributed by atoms with Gasteiger partial charge in [-0.15, -0.1) is 0 Å². The maximum atomic E-state index is 11.2. The highest BCUT2D eigenvalue weighted by atomic mass is 28.3. The van der Waals surface area contributed by atoms with Crippen molar-refractivity contribution < 1.29 is 9.53 Å². The molecule has 3 heteroatoms. The van der Waals surface area contributed by atoms with Crippen molar-refractivity contribution in [1.29, 1.82) is 0 Å². The quantitative estimate of drug-likeness (QED) is 0.395. The van der Waals surface area contributed by atoms with Crippen molar-refractivity contribution in [2.24, 2.45) is 5.92 Å². The van der Waals surface area contributed by atoms with E-state index in [2.05, 4.69) is 38.7 Å². The number of hydrogen-bond acceptors (Lipinski definition) is 2. The molecule has 0 aromatic carbocycles. The fourth-order valence-electron chi connectivity index (χ4n) is 1.20. The minimum absolute atomic E-state index is 0.0948. The monoisotopic (exact) mass is 228 g/mol. The Balaban J connectivity index is 3.83. The highest BCUT2D eigenvalue weighted by Gasteiger charge is 2.11. The average molecular weight is 228 g/mol. The highest BCUT2D eigenvalue weighted by Crippen LogP contribution is 2.11. The largest absolute Gasteiger partial charge is 0.466 e. The van der Waals surface area contributed by atoms with Crippen molar-refractivity contribution >= 4 is 14.0 Å². The third-order valence-corrected chi connectivity index (χ3v) is 3.45. The summed E-state index contributed by atoms with van der Waals surface area (Å²) < 4.78 is 4.90. The molecule has 0 saturated carbocycles. The fourth-order valence-corrected chi connectivity index (χ4v) is 2.05. The normalized spacial score (nSPS) is 14.2. The topological polar surface area (TPSA) is 26.3 Å². The first-order valence-corrected chi connectivity index (χ1v) is 9.38. The van der Waals surface area contributed by atoms with Gasteiger partial charge < -0.3 is 4.74 Å². The third kappa shape index (κ3) is 9.72. The molecule has 0 fully saturated rings. The molecule has 0 radical (unpaired) electrons. The van der Waals surface area contributed by atoms with Gasteiger partial charge in [-0.25, -0.2) is 0 Å². The predicted molar refractivity (Wildman–Crippen MR) is 67.7 cm³/mol. The van der Waals surface area contributed by atoms with E-state index in [0.717, 1.165) is 0 Å². The molecule has 0 bridgehead atoms. The molecule has 0 heterocycles. The van der Waals surface area contributed by atoms with E-state index in [1.807, 2.05) is 6.92 Å². The van der Waals surface area contributed by atoms with E-state index in [9.17, 15) is 4.79 Å². The van der Waals surface area contributed by atoms with Crippen LogP contribution >= 0.6 is 0 Å². The van der Waals surface area contributed by atoms with Crippen LogP contribution in [0.5, 0.6) is 0 Å². The predicted octanol–water partition coefficient (Wildman–Crippen LogP) is 3.47. The number of allylic oxidation sites excluding steroid dienone is 2. The molecule has 0 N–H and O–H groups in total. The van der Waals surface area contributed by atoms with E-state index in [4.69, 9.17) is 4.74 Å². The molecule has 0 aliphatic heterocycles. The van der Waals surface area contributed by atoms with Crippen molar-refractivity contribution in [2.45, 2.75) is 46.0 Å². The number of hydrogen-bond donors (Lipinski definition) is 0. The zero-order valence-electron chi connectivity index (χ0n) is 10.7. The van der Waals surface area contributed by atoms with Gasteiger partial charge in [-0.05, 0) is 18.9 Å². The van der Waals surface area contributed by atoms with Crippen molar-refractivity contribution in [2.75, 3.05) is 6.61 Å². The summed E-state index contributed by atoms with van der Waals surface area (Å²) in [6, 6.07) is 1.18. The van der Waals surface area contributed by atoms with E-state index < -0.39 is 8.07 Å². The lowest BCUT2D eigenvalue weighted by Gasteiger charge is -2.12. The lowest BCUT2D eigenvalue weighted by molar-refractivity contribution is -0.143. The number of esters is 1. The first-order valence-electron chi connectivity index (χ1n) is 5.67. The molecule has 1 atom stereocenters. The number of carbonyl (C=O) groups is 1. The van der Waals surface area contributed by atoms with Crippen molar-refractivity contribution in [3.05, 3.63) is 12.2 Å². The van der Waals surface area contributed by atoms with Gasteiger partial charge in [-0.1, -0.05) is 38.7 Å². The molecule has 1 unspecified atom stereocenters. The smallest absolute Gasteiger partial charge is 0.306 e. The summed E-state index contributed by atoms with van der Waals surface area (Å²) >= 11 is 0. The van der Waals surface area contributed by atoms with Gasteiger partial charge in [0.25, 0.3) is 0 Å². The van der Waals surface area contributed by atoms with Gasteiger partial charge >= 0.3 is 5.97 Å². The fraction of sp³-hybridized carbons (Fsp3) is 0.750. The van der Waals surface area contributed by atoms with Crippen LogP contribution in [0.25, 0.3) is 0 Å². The first-order chi connectivity index (χ1) is 6.85. The van der Waals surface area contributed by atoms with Crippen LogP contribution < -0.4 is 0 Å². The lowest BCUT2D eigenvalue weighted by atomic mass is 10.1. The second-order valence-electron chi connectivity index (χ2n) is 5.18. The molecule has 0 aromatic heterocycles. The molecule has 0 spiro atoms. The van der Waals surface area contributed by atoms with Gasteiger partial charge in [0.1, 0.15) is 0 Å². The van der Waals surface area contributed by atoms with Crippen LogP contribution in [0.2, 0.25) is 25.7 Å². The molecule has 0 aromatic rings. The number of rotatable bonds is 6. The summed E-state index contributed by atoms with van der Waals surface area (Å²) in [5.74, 6) is 0.197. The molecule has 0 aliphatic carbocycles. The molecule has 0 amide bonds. The SMILES string of the molecule is CCOC(=O)CC(C)/C=C/C[Si](C)(C)C. The summed E-state index contributed by atoms with van der Waals surface area (Å²) in [6.07, 6.45) is 4.85. The Morgan fingerprint density at radius 3 is 2.47 bits per heavy atom. The first kappa shape index (κ1) is 14.4. The van der Waals surface area contributed by atoms with Crippen LogP contribution in [-0.2, 0) is 9.53 Å². The van der Waals surface area contributed by atoms with Gasteiger partial charge in [0.2, 0.25) is 0 Å². The van der Waals surface area contributed by atoms with Gasteiger partial charge in [0, 0.05) is 8.07 Å². The summed E-state index contributed by atoms with van der Waals surface area (Å²) in [7, 11) is -0.982. The molecular formula is C12H24O2Si. The van der Waals surface area contributed by atoms with Gasteiger partial charge in [0.15, 0.2) is 0 Å². The minimum atomic E-state index is -0.982. The molecule has 15 heavy (non-hydrogen) atoms. The van der Waals surface area contributed by atoms with E-state index >= 15 is 0 Å². The highest BCUT2D eigenvalue weighted by molar-refractivity contribution is 6.76. The van der Waals surface area contributed by atoms with Crippen LogP contribution in [-0.4, -0.2) is 20.7 Å². The van der Waals surface area contributed by atoms with Crippen molar-refractivity contribution in [1.82, 2.24) is 0 Å².